The van der Waals surface area contributed by atoms with Gasteiger partial charge >= 0.3 is 12.1 Å². The van der Waals surface area contributed by atoms with Gasteiger partial charge in [0.25, 0.3) is 0 Å². The Hall–Kier alpha value is -1.27. The third kappa shape index (κ3) is 3.02. The summed E-state index contributed by atoms with van der Waals surface area (Å²) < 4.78 is 37.8. The van der Waals surface area contributed by atoms with E-state index in [0.29, 0.717) is 36.8 Å². The number of hydrogen-bond donors (Lipinski definition) is 1. The number of carbonyl (C=O) groups is 2. The normalized spacial score (nSPS) is 33.5. The maximum atomic E-state index is 12.9. The Morgan fingerprint density at radius 1 is 1.04 bits per heavy atom. The van der Waals surface area contributed by atoms with E-state index >= 15 is 0 Å². The van der Waals surface area contributed by atoms with Gasteiger partial charge in [-0.05, 0) is 48.3 Å². The predicted molar refractivity (Wildman–Crippen MR) is 81.8 cm³/mol. The molecule has 5 atom stereocenters. The van der Waals surface area contributed by atoms with Gasteiger partial charge in [0.2, 0.25) is 5.91 Å². The van der Waals surface area contributed by atoms with Gasteiger partial charge in [0.05, 0.1) is 0 Å². The second-order valence-corrected chi connectivity index (χ2v) is 8.67. The van der Waals surface area contributed by atoms with Crippen LogP contribution in [0.2, 0.25) is 0 Å². The van der Waals surface area contributed by atoms with Crippen LogP contribution >= 0.6 is 0 Å². The molecule has 1 heterocycles. The van der Waals surface area contributed by atoms with Crippen molar-refractivity contribution >= 4 is 11.8 Å². The number of halogens is 3. The van der Waals surface area contributed by atoms with Gasteiger partial charge < -0.3 is 10.2 Å². The van der Waals surface area contributed by atoms with Crippen LogP contribution < -0.4 is 5.32 Å². The van der Waals surface area contributed by atoms with E-state index < -0.39 is 23.5 Å². The molecule has 2 bridgehead atoms. The fourth-order valence-electron chi connectivity index (χ4n) is 4.91. The lowest BCUT2D eigenvalue weighted by molar-refractivity contribution is -0.176. The van der Waals surface area contributed by atoms with E-state index in [1.807, 2.05) is 5.32 Å². The molecule has 2 saturated carbocycles. The molecule has 136 valence electrons. The minimum absolute atomic E-state index is 0.381. The molecule has 0 aromatic rings. The smallest absolute Gasteiger partial charge is 0.340 e. The monoisotopic (exact) mass is 346 g/mol. The molecule has 0 aromatic heterocycles. The number of hydrogen-bond acceptors (Lipinski definition) is 2. The number of alkyl halides is 3. The molecule has 3 fully saturated rings. The minimum Gasteiger partial charge on any atom is -0.340 e. The molecule has 0 radical (unpaired) electrons. The van der Waals surface area contributed by atoms with Crippen molar-refractivity contribution < 1.29 is 22.8 Å². The van der Waals surface area contributed by atoms with Crippen LogP contribution in [-0.4, -0.2) is 42.0 Å². The molecule has 1 saturated heterocycles. The summed E-state index contributed by atoms with van der Waals surface area (Å²) in [5, 5.41) is 1.92. The van der Waals surface area contributed by atoms with Gasteiger partial charge in [0.15, 0.2) is 0 Å². The second kappa shape index (κ2) is 5.63. The first-order chi connectivity index (χ1) is 11.0. The largest absolute Gasteiger partial charge is 0.471 e. The quantitative estimate of drug-likeness (QED) is 0.835. The highest BCUT2D eigenvalue weighted by Crippen LogP contribution is 2.55. The lowest BCUT2D eigenvalue weighted by Gasteiger charge is -2.34. The summed E-state index contributed by atoms with van der Waals surface area (Å²) in [5.74, 6) is -0.117. The van der Waals surface area contributed by atoms with Crippen LogP contribution in [0, 0.1) is 29.1 Å². The summed E-state index contributed by atoms with van der Waals surface area (Å²) in [6, 6.07) is -1.16. The van der Waals surface area contributed by atoms with E-state index in [1.54, 1.807) is 25.7 Å². The van der Waals surface area contributed by atoms with E-state index in [0.717, 1.165) is 0 Å². The number of carbonyl (C=O) groups excluding carboxylic acids is 2. The summed E-state index contributed by atoms with van der Waals surface area (Å²) in [6.07, 6.45) is -1.32. The first kappa shape index (κ1) is 17.5. The summed E-state index contributed by atoms with van der Waals surface area (Å²) in [5.41, 5.74) is -0.783. The third-order valence-electron chi connectivity index (χ3n) is 6.09. The lowest BCUT2D eigenvalue weighted by atomic mass is 9.82. The Bertz CT molecular complexity index is 523. The standard InChI is InChI=1S/C17H25F3N2O2/c1-16(2,3)13(21-15(24)17(18,19)20)14(23)22-7-11-9-4-5-10(6-9)12(11)8-22/h9-13H,4-8H2,1-3H3,(H,21,24)/t9-,10+,11-,12+,13-/m1/s1. The van der Waals surface area contributed by atoms with E-state index in [4.69, 9.17) is 0 Å². The topological polar surface area (TPSA) is 49.4 Å². The molecule has 0 spiro atoms. The molecular formula is C17H25F3N2O2. The van der Waals surface area contributed by atoms with Crippen molar-refractivity contribution in [2.75, 3.05) is 13.1 Å². The maximum absolute atomic E-state index is 12.9. The predicted octanol–water partition coefficient (Wildman–Crippen LogP) is 2.58. The molecule has 0 unspecified atom stereocenters. The van der Waals surface area contributed by atoms with Crippen LogP contribution in [-0.2, 0) is 9.59 Å². The molecule has 3 aliphatic rings. The van der Waals surface area contributed by atoms with Crippen molar-refractivity contribution in [1.29, 1.82) is 0 Å². The Labute approximate surface area is 140 Å². The van der Waals surface area contributed by atoms with Gasteiger partial charge in [-0.3, -0.25) is 9.59 Å². The van der Waals surface area contributed by atoms with E-state index in [2.05, 4.69) is 0 Å². The Morgan fingerprint density at radius 2 is 1.54 bits per heavy atom. The zero-order valence-corrected chi connectivity index (χ0v) is 14.3. The Balaban J connectivity index is 1.72. The van der Waals surface area contributed by atoms with Crippen molar-refractivity contribution in [3.8, 4) is 0 Å². The highest BCUT2D eigenvalue weighted by atomic mass is 19.4. The van der Waals surface area contributed by atoms with Crippen molar-refractivity contribution in [2.24, 2.45) is 29.1 Å². The number of nitrogens with zero attached hydrogens (tertiary/aromatic N) is 1. The Kier molecular flexibility index (Phi) is 4.12. The summed E-state index contributed by atoms with van der Waals surface area (Å²) in [4.78, 5) is 25.9. The van der Waals surface area contributed by atoms with Crippen molar-refractivity contribution in [3.63, 3.8) is 0 Å². The van der Waals surface area contributed by atoms with Crippen LogP contribution in [0.25, 0.3) is 0 Å². The van der Waals surface area contributed by atoms with E-state index in [-0.39, 0.29) is 5.91 Å². The van der Waals surface area contributed by atoms with E-state index in [1.165, 1.54) is 19.3 Å². The van der Waals surface area contributed by atoms with Crippen molar-refractivity contribution in [2.45, 2.75) is 52.3 Å². The summed E-state index contributed by atoms with van der Waals surface area (Å²) >= 11 is 0. The molecule has 1 N–H and O–H groups in total. The summed E-state index contributed by atoms with van der Waals surface area (Å²) in [6.45, 7) is 6.27. The average Bonchev–Trinajstić information content (AvgIpc) is 3.12. The molecular weight excluding hydrogens is 321 g/mol. The zero-order chi connectivity index (χ0) is 17.9. The highest BCUT2D eigenvalue weighted by Gasteiger charge is 2.53. The third-order valence-corrected chi connectivity index (χ3v) is 6.09. The average molecular weight is 346 g/mol. The number of likely N-dealkylation sites (tertiary alicyclic amines) is 1. The molecule has 0 aromatic carbocycles. The fraction of sp³-hybridized carbons (Fsp3) is 0.882. The molecule has 7 heteroatoms. The first-order valence-corrected chi connectivity index (χ1v) is 8.65. The molecule has 2 amide bonds. The van der Waals surface area contributed by atoms with Crippen molar-refractivity contribution in [3.05, 3.63) is 0 Å². The first-order valence-electron chi connectivity index (χ1n) is 8.65. The number of fused-ring (bicyclic) bond motifs is 5. The van der Waals surface area contributed by atoms with E-state index in [9.17, 15) is 22.8 Å². The van der Waals surface area contributed by atoms with Crippen LogP contribution in [0.3, 0.4) is 0 Å². The van der Waals surface area contributed by atoms with Gasteiger partial charge in [-0.25, -0.2) is 0 Å². The fourth-order valence-corrected chi connectivity index (χ4v) is 4.91. The molecule has 24 heavy (non-hydrogen) atoms. The molecule has 1 aliphatic heterocycles. The van der Waals surface area contributed by atoms with Crippen LogP contribution in [0.1, 0.15) is 40.0 Å². The minimum atomic E-state index is -4.98. The SMILES string of the molecule is CC(C)(C)[C@H](NC(=O)C(F)(F)F)C(=O)N1C[C@@H]2[C@@H]3CC[C@@H](C3)[C@@H]2C1. The van der Waals surface area contributed by atoms with Gasteiger partial charge in [0, 0.05) is 13.1 Å². The second-order valence-electron chi connectivity index (χ2n) is 8.67. The number of rotatable bonds is 2. The number of amides is 2. The van der Waals surface area contributed by atoms with Gasteiger partial charge in [-0.1, -0.05) is 20.8 Å². The van der Waals surface area contributed by atoms with Crippen LogP contribution in [0.4, 0.5) is 13.2 Å². The van der Waals surface area contributed by atoms with Gasteiger partial charge in [0.1, 0.15) is 6.04 Å². The Morgan fingerprint density at radius 3 is 1.96 bits per heavy atom. The molecule has 4 nitrogen and oxygen atoms in total. The van der Waals surface area contributed by atoms with Crippen molar-refractivity contribution in [1.82, 2.24) is 10.2 Å². The molecule has 3 rings (SSSR count). The van der Waals surface area contributed by atoms with Crippen LogP contribution in [0.5, 0.6) is 0 Å². The lowest BCUT2D eigenvalue weighted by Crippen LogP contribution is -2.57. The van der Waals surface area contributed by atoms with Gasteiger partial charge in [-0.2, -0.15) is 13.2 Å². The highest BCUT2D eigenvalue weighted by molar-refractivity contribution is 5.90. The molecule has 2 aliphatic carbocycles. The summed E-state index contributed by atoms with van der Waals surface area (Å²) in [7, 11) is 0. The maximum Gasteiger partial charge on any atom is 0.471 e. The van der Waals surface area contributed by atoms with Gasteiger partial charge in [-0.15, -0.1) is 0 Å². The number of nitrogens with one attached hydrogen (secondary N) is 1. The van der Waals surface area contributed by atoms with Crippen LogP contribution in [0.15, 0.2) is 0 Å². The zero-order valence-electron chi connectivity index (χ0n) is 14.3.